The molecule has 0 radical (unpaired) electrons. The Bertz CT molecular complexity index is 928. The van der Waals surface area contributed by atoms with Gasteiger partial charge in [0.2, 0.25) is 0 Å². The van der Waals surface area contributed by atoms with E-state index in [4.69, 9.17) is 0 Å². The van der Waals surface area contributed by atoms with Gasteiger partial charge in [0.1, 0.15) is 6.04 Å². The highest BCUT2D eigenvalue weighted by molar-refractivity contribution is 6.08. The van der Waals surface area contributed by atoms with Gasteiger partial charge >= 0.3 is 5.97 Å². The number of fused-ring (bicyclic) bond motifs is 3. The number of carboxylic acids is 1. The molecule has 2 aromatic carbocycles. The lowest BCUT2D eigenvalue weighted by Gasteiger charge is -2.32. The van der Waals surface area contributed by atoms with Gasteiger partial charge in [0.05, 0.1) is 0 Å². The fourth-order valence-electron chi connectivity index (χ4n) is 4.23. The molecular formula is C21H24N2O2. The second-order valence-corrected chi connectivity index (χ2v) is 6.93. The fourth-order valence-corrected chi connectivity index (χ4v) is 4.23. The number of benzene rings is 2. The van der Waals surface area contributed by atoms with Crippen molar-refractivity contribution in [3.63, 3.8) is 0 Å². The number of nitrogens with zero attached hydrogens (tertiary/aromatic N) is 2. The Labute approximate surface area is 147 Å². The van der Waals surface area contributed by atoms with Crippen molar-refractivity contribution in [2.75, 3.05) is 6.54 Å². The molecule has 0 spiro atoms. The van der Waals surface area contributed by atoms with Crippen molar-refractivity contribution >= 4 is 27.8 Å². The molecule has 1 aliphatic heterocycles. The van der Waals surface area contributed by atoms with Crippen molar-refractivity contribution in [2.45, 2.75) is 45.3 Å². The molecule has 0 amide bonds. The highest BCUT2D eigenvalue weighted by Gasteiger charge is 2.28. The summed E-state index contributed by atoms with van der Waals surface area (Å²) in [5, 5.41) is 12.0. The number of hydrogen-bond donors (Lipinski definition) is 1. The first kappa shape index (κ1) is 16.2. The molecule has 2 heterocycles. The van der Waals surface area contributed by atoms with Gasteiger partial charge in [-0.25, -0.2) is 0 Å². The Morgan fingerprint density at radius 1 is 1.12 bits per heavy atom. The van der Waals surface area contributed by atoms with Crippen molar-refractivity contribution in [3.05, 3.63) is 48.0 Å². The van der Waals surface area contributed by atoms with Gasteiger partial charge in [-0.15, -0.1) is 0 Å². The topological polar surface area (TPSA) is 45.5 Å². The van der Waals surface area contributed by atoms with E-state index >= 15 is 0 Å². The predicted octanol–water partition coefficient (Wildman–Crippen LogP) is 4.25. The monoisotopic (exact) mass is 336 g/mol. The van der Waals surface area contributed by atoms with E-state index in [9.17, 15) is 9.90 Å². The molecule has 25 heavy (non-hydrogen) atoms. The molecule has 1 saturated heterocycles. The van der Waals surface area contributed by atoms with Crippen molar-refractivity contribution in [1.29, 1.82) is 0 Å². The lowest BCUT2D eigenvalue weighted by Crippen LogP contribution is -2.43. The summed E-state index contributed by atoms with van der Waals surface area (Å²) in [6.45, 7) is 4.69. The Morgan fingerprint density at radius 3 is 2.72 bits per heavy atom. The van der Waals surface area contributed by atoms with Gasteiger partial charge in [0.25, 0.3) is 0 Å². The maximum absolute atomic E-state index is 11.5. The molecule has 1 aromatic heterocycles. The van der Waals surface area contributed by atoms with Crippen molar-refractivity contribution in [2.24, 2.45) is 0 Å². The van der Waals surface area contributed by atoms with E-state index < -0.39 is 5.97 Å². The Kier molecular flexibility index (Phi) is 4.22. The zero-order chi connectivity index (χ0) is 17.4. The van der Waals surface area contributed by atoms with Crippen molar-refractivity contribution in [3.8, 4) is 0 Å². The van der Waals surface area contributed by atoms with E-state index in [2.05, 4.69) is 58.9 Å². The fraction of sp³-hybridized carbons (Fsp3) is 0.381. The van der Waals surface area contributed by atoms with Crippen LogP contribution in [0.5, 0.6) is 0 Å². The average Bonchev–Trinajstić information content (AvgIpc) is 2.95. The van der Waals surface area contributed by atoms with Crippen molar-refractivity contribution < 1.29 is 9.90 Å². The number of carbonyl (C=O) groups is 1. The number of rotatable bonds is 4. The summed E-state index contributed by atoms with van der Waals surface area (Å²) < 4.78 is 2.34. The van der Waals surface area contributed by atoms with Gasteiger partial charge in [-0.2, -0.15) is 0 Å². The molecule has 1 atom stereocenters. The number of likely N-dealkylation sites (tertiary alicyclic amines) is 1. The maximum atomic E-state index is 11.5. The number of carboxylic acid groups (broad SMARTS) is 1. The van der Waals surface area contributed by atoms with Gasteiger partial charge in [0, 0.05) is 34.9 Å². The summed E-state index contributed by atoms with van der Waals surface area (Å²) in [7, 11) is 0. The molecule has 3 aromatic rings. The molecule has 1 unspecified atom stereocenters. The van der Waals surface area contributed by atoms with Gasteiger partial charge < -0.3 is 9.67 Å². The zero-order valence-electron chi connectivity index (χ0n) is 14.6. The van der Waals surface area contributed by atoms with E-state index in [0.717, 1.165) is 32.4 Å². The Hall–Kier alpha value is -2.33. The van der Waals surface area contributed by atoms with Crippen LogP contribution in [0.15, 0.2) is 42.5 Å². The van der Waals surface area contributed by atoms with Gasteiger partial charge in [0.15, 0.2) is 0 Å². The minimum Gasteiger partial charge on any atom is -0.480 e. The van der Waals surface area contributed by atoms with E-state index in [1.165, 1.54) is 27.4 Å². The maximum Gasteiger partial charge on any atom is 0.320 e. The van der Waals surface area contributed by atoms with Gasteiger partial charge in [-0.3, -0.25) is 9.69 Å². The van der Waals surface area contributed by atoms with Gasteiger partial charge in [-0.1, -0.05) is 30.7 Å². The second kappa shape index (κ2) is 6.52. The van der Waals surface area contributed by atoms with E-state index in [1.54, 1.807) is 0 Å². The summed E-state index contributed by atoms with van der Waals surface area (Å²) >= 11 is 0. The van der Waals surface area contributed by atoms with Crippen LogP contribution in [-0.2, 0) is 17.9 Å². The Balaban J connectivity index is 1.74. The molecule has 0 aliphatic carbocycles. The van der Waals surface area contributed by atoms with Crippen LogP contribution in [0.2, 0.25) is 0 Å². The molecule has 130 valence electrons. The molecule has 0 saturated carbocycles. The van der Waals surface area contributed by atoms with Crippen LogP contribution >= 0.6 is 0 Å². The van der Waals surface area contributed by atoms with E-state index in [1.807, 2.05) is 0 Å². The average molecular weight is 336 g/mol. The second-order valence-electron chi connectivity index (χ2n) is 6.93. The molecule has 4 rings (SSSR count). The first-order chi connectivity index (χ1) is 12.2. The van der Waals surface area contributed by atoms with Crippen LogP contribution in [0, 0.1) is 0 Å². The molecule has 0 bridgehead atoms. The van der Waals surface area contributed by atoms with E-state index in [0.29, 0.717) is 6.54 Å². The summed E-state index contributed by atoms with van der Waals surface area (Å²) in [6.07, 6.45) is 2.85. The van der Waals surface area contributed by atoms with Crippen LogP contribution in [0.4, 0.5) is 0 Å². The number of aliphatic carboxylic acids is 1. The van der Waals surface area contributed by atoms with Crippen LogP contribution in [0.25, 0.3) is 21.8 Å². The SMILES string of the molecule is CCn1c2ccccc2c2cc(CN3CCCCC3C(=O)O)ccc21. The zero-order valence-corrected chi connectivity index (χ0v) is 14.6. The quantitative estimate of drug-likeness (QED) is 0.774. The number of para-hydroxylation sites is 1. The molecular weight excluding hydrogens is 312 g/mol. The molecule has 1 aliphatic rings. The first-order valence-electron chi connectivity index (χ1n) is 9.15. The lowest BCUT2D eigenvalue weighted by molar-refractivity contribution is -0.144. The minimum atomic E-state index is -0.691. The first-order valence-corrected chi connectivity index (χ1v) is 9.15. The summed E-state index contributed by atoms with van der Waals surface area (Å²) in [5.74, 6) is -0.691. The number of aromatic nitrogens is 1. The number of piperidine rings is 1. The highest BCUT2D eigenvalue weighted by atomic mass is 16.4. The van der Waals surface area contributed by atoms with Crippen LogP contribution in [0.3, 0.4) is 0 Å². The van der Waals surface area contributed by atoms with Crippen LogP contribution < -0.4 is 0 Å². The Morgan fingerprint density at radius 2 is 1.92 bits per heavy atom. The lowest BCUT2D eigenvalue weighted by atomic mass is 10.0. The molecule has 4 heteroatoms. The highest BCUT2D eigenvalue weighted by Crippen LogP contribution is 2.30. The molecule has 4 nitrogen and oxygen atoms in total. The van der Waals surface area contributed by atoms with Crippen LogP contribution in [0.1, 0.15) is 31.7 Å². The third-order valence-electron chi connectivity index (χ3n) is 5.44. The summed E-state index contributed by atoms with van der Waals surface area (Å²) in [5.41, 5.74) is 3.71. The summed E-state index contributed by atoms with van der Waals surface area (Å²) in [6, 6.07) is 14.8. The van der Waals surface area contributed by atoms with Crippen molar-refractivity contribution in [1.82, 2.24) is 9.47 Å². The largest absolute Gasteiger partial charge is 0.480 e. The standard InChI is InChI=1S/C21H24N2O2/c1-2-23-18-8-4-3-7-16(18)17-13-15(10-11-19(17)23)14-22-12-6-5-9-20(22)21(24)25/h3-4,7-8,10-11,13,20H,2,5-6,9,12,14H2,1H3,(H,24,25). The molecule has 1 N–H and O–H groups in total. The number of aryl methyl sites for hydroxylation is 1. The van der Waals surface area contributed by atoms with Crippen LogP contribution in [-0.4, -0.2) is 33.1 Å². The third kappa shape index (κ3) is 2.81. The summed E-state index contributed by atoms with van der Waals surface area (Å²) in [4.78, 5) is 13.7. The predicted molar refractivity (Wildman–Crippen MR) is 101 cm³/mol. The van der Waals surface area contributed by atoms with E-state index in [-0.39, 0.29) is 6.04 Å². The molecule has 1 fully saturated rings. The number of hydrogen-bond acceptors (Lipinski definition) is 2. The normalized spacial score (nSPS) is 18.8. The third-order valence-corrected chi connectivity index (χ3v) is 5.44. The van der Waals surface area contributed by atoms with Gasteiger partial charge in [-0.05, 0) is 50.1 Å². The minimum absolute atomic E-state index is 0.346. The smallest absolute Gasteiger partial charge is 0.320 e.